The van der Waals surface area contributed by atoms with E-state index in [-0.39, 0.29) is 5.91 Å². The predicted molar refractivity (Wildman–Crippen MR) is 87.0 cm³/mol. The molecule has 0 aromatic heterocycles. The Labute approximate surface area is 129 Å². The smallest absolute Gasteiger partial charge is 0.267 e. The van der Waals surface area contributed by atoms with Crippen molar-refractivity contribution in [2.24, 2.45) is 5.10 Å². The van der Waals surface area contributed by atoms with Gasteiger partial charge in [-0.05, 0) is 38.5 Å². The molecule has 1 N–H and O–H groups in total. The SMILES string of the molecule is C/C(=N\NC(=O)c1ccccc1Cl)c1ccc(C)cc1C. The molecule has 1 amide bonds. The second-order valence-corrected chi connectivity index (χ2v) is 5.34. The summed E-state index contributed by atoms with van der Waals surface area (Å²) in [6, 6.07) is 13.0. The molecule has 2 aromatic carbocycles. The number of hydrogen-bond acceptors (Lipinski definition) is 2. The van der Waals surface area contributed by atoms with Gasteiger partial charge >= 0.3 is 0 Å². The zero-order chi connectivity index (χ0) is 15.4. The third-order valence-electron chi connectivity index (χ3n) is 3.22. The van der Waals surface area contributed by atoms with Crippen LogP contribution in [0.4, 0.5) is 0 Å². The molecule has 0 radical (unpaired) electrons. The average molecular weight is 301 g/mol. The number of aryl methyl sites for hydroxylation is 2. The lowest BCUT2D eigenvalue weighted by Gasteiger charge is -2.07. The molecule has 0 aliphatic heterocycles. The van der Waals surface area contributed by atoms with Crippen LogP contribution in [-0.2, 0) is 0 Å². The van der Waals surface area contributed by atoms with E-state index < -0.39 is 0 Å². The standard InChI is InChI=1S/C17H17ClN2O/c1-11-8-9-14(12(2)10-11)13(3)19-20-17(21)15-6-4-5-7-16(15)18/h4-10H,1-3H3,(H,20,21)/b19-13+. The first-order valence-electron chi connectivity index (χ1n) is 6.66. The van der Waals surface area contributed by atoms with Crippen molar-refractivity contribution in [2.75, 3.05) is 0 Å². The maximum atomic E-state index is 12.0. The molecule has 2 rings (SSSR count). The third-order valence-corrected chi connectivity index (χ3v) is 3.54. The zero-order valence-electron chi connectivity index (χ0n) is 12.3. The molecule has 0 spiro atoms. The van der Waals surface area contributed by atoms with Crippen molar-refractivity contribution in [3.63, 3.8) is 0 Å². The monoisotopic (exact) mass is 300 g/mol. The highest BCUT2D eigenvalue weighted by Gasteiger charge is 2.09. The van der Waals surface area contributed by atoms with Crippen molar-refractivity contribution in [1.29, 1.82) is 0 Å². The Bertz CT molecular complexity index is 708. The number of amides is 1. The number of carbonyl (C=O) groups excluding carboxylic acids is 1. The van der Waals surface area contributed by atoms with Crippen LogP contribution in [0.1, 0.15) is 34.0 Å². The van der Waals surface area contributed by atoms with E-state index in [4.69, 9.17) is 11.6 Å². The van der Waals surface area contributed by atoms with Crippen LogP contribution < -0.4 is 5.43 Å². The molecular weight excluding hydrogens is 284 g/mol. The average Bonchev–Trinajstić information content (AvgIpc) is 2.45. The molecule has 21 heavy (non-hydrogen) atoms. The van der Waals surface area contributed by atoms with E-state index in [1.165, 1.54) is 5.56 Å². The Morgan fingerprint density at radius 3 is 2.48 bits per heavy atom. The van der Waals surface area contributed by atoms with Gasteiger partial charge in [0.1, 0.15) is 0 Å². The molecule has 2 aromatic rings. The van der Waals surface area contributed by atoms with E-state index >= 15 is 0 Å². The molecule has 0 heterocycles. The lowest BCUT2D eigenvalue weighted by atomic mass is 10.0. The summed E-state index contributed by atoms with van der Waals surface area (Å²) >= 11 is 5.98. The number of nitrogens with one attached hydrogen (secondary N) is 1. The number of benzene rings is 2. The summed E-state index contributed by atoms with van der Waals surface area (Å²) in [5.74, 6) is -0.315. The molecule has 0 saturated heterocycles. The fraction of sp³-hybridized carbons (Fsp3) is 0.176. The minimum atomic E-state index is -0.315. The second-order valence-electron chi connectivity index (χ2n) is 4.94. The number of hydrazone groups is 1. The molecule has 0 saturated carbocycles. The van der Waals surface area contributed by atoms with Gasteiger partial charge in [-0.1, -0.05) is 47.5 Å². The first-order valence-corrected chi connectivity index (χ1v) is 7.03. The summed E-state index contributed by atoms with van der Waals surface area (Å²) in [4.78, 5) is 12.0. The van der Waals surface area contributed by atoms with Gasteiger partial charge in [-0.25, -0.2) is 5.43 Å². The van der Waals surface area contributed by atoms with Crippen LogP contribution in [0.15, 0.2) is 47.6 Å². The van der Waals surface area contributed by atoms with Crippen molar-refractivity contribution < 1.29 is 4.79 Å². The predicted octanol–water partition coefficient (Wildman–Crippen LogP) is 4.11. The lowest BCUT2D eigenvalue weighted by molar-refractivity contribution is 0.0955. The van der Waals surface area contributed by atoms with E-state index in [0.29, 0.717) is 10.6 Å². The van der Waals surface area contributed by atoms with Crippen LogP contribution in [-0.4, -0.2) is 11.6 Å². The first kappa shape index (κ1) is 15.3. The topological polar surface area (TPSA) is 41.5 Å². The number of nitrogens with zero attached hydrogens (tertiary/aromatic N) is 1. The van der Waals surface area contributed by atoms with Gasteiger partial charge in [-0.3, -0.25) is 4.79 Å². The van der Waals surface area contributed by atoms with Crippen LogP contribution in [0.25, 0.3) is 0 Å². The van der Waals surface area contributed by atoms with Gasteiger partial charge in [0.25, 0.3) is 5.91 Å². The maximum Gasteiger partial charge on any atom is 0.272 e. The number of hydrogen-bond donors (Lipinski definition) is 1. The van der Waals surface area contributed by atoms with Gasteiger partial charge in [-0.2, -0.15) is 5.10 Å². The largest absolute Gasteiger partial charge is 0.272 e. The van der Waals surface area contributed by atoms with E-state index in [9.17, 15) is 4.79 Å². The minimum absolute atomic E-state index is 0.315. The Balaban J connectivity index is 2.17. The molecule has 0 unspecified atom stereocenters. The van der Waals surface area contributed by atoms with E-state index in [0.717, 1.165) is 16.8 Å². The Kier molecular flexibility index (Phi) is 4.76. The molecule has 0 fully saturated rings. The summed E-state index contributed by atoms with van der Waals surface area (Å²) in [7, 11) is 0. The first-order chi connectivity index (χ1) is 9.99. The van der Waals surface area contributed by atoms with Gasteiger partial charge in [0.05, 0.1) is 16.3 Å². The van der Waals surface area contributed by atoms with E-state index in [2.05, 4.69) is 16.6 Å². The van der Waals surface area contributed by atoms with Gasteiger partial charge in [0.2, 0.25) is 0 Å². The number of halogens is 1. The van der Waals surface area contributed by atoms with Crippen LogP contribution in [0.2, 0.25) is 5.02 Å². The van der Waals surface area contributed by atoms with E-state index in [1.807, 2.05) is 32.9 Å². The molecule has 0 bridgehead atoms. The molecule has 4 heteroatoms. The van der Waals surface area contributed by atoms with Crippen LogP contribution >= 0.6 is 11.6 Å². The van der Waals surface area contributed by atoms with Crippen molar-refractivity contribution in [2.45, 2.75) is 20.8 Å². The van der Waals surface area contributed by atoms with Crippen LogP contribution in [0.3, 0.4) is 0 Å². The summed E-state index contributed by atoms with van der Waals surface area (Å²) < 4.78 is 0. The Morgan fingerprint density at radius 1 is 1.10 bits per heavy atom. The molecule has 0 atom stereocenters. The minimum Gasteiger partial charge on any atom is -0.267 e. The van der Waals surface area contributed by atoms with Crippen LogP contribution in [0.5, 0.6) is 0 Å². The van der Waals surface area contributed by atoms with Crippen LogP contribution in [0, 0.1) is 13.8 Å². The van der Waals surface area contributed by atoms with Crippen molar-refractivity contribution in [1.82, 2.24) is 5.43 Å². The maximum absolute atomic E-state index is 12.0. The van der Waals surface area contributed by atoms with Gasteiger partial charge < -0.3 is 0 Å². The highest BCUT2D eigenvalue weighted by molar-refractivity contribution is 6.33. The number of rotatable bonds is 3. The fourth-order valence-electron chi connectivity index (χ4n) is 2.12. The zero-order valence-corrected chi connectivity index (χ0v) is 13.0. The summed E-state index contributed by atoms with van der Waals surface area (Å²) in [5, 5.41) is 4.57. The van der Waals surface area contributed by atoms with Gasteiger partial charge in [-0.15, -0.1) is 0 Å². The summed E-state index contributed by atoms with van der Waals surface area (Å²) in [6.07, 6.45) is 0. The molecular formula is C17H17ClN2O. The highest BCUT2D eigenvalue weighted by Crippen LogP contribution is 2.15. The van der Waals surface area contributed by atoms with Crippen molar-refractivity contribution in [3.8, 4) is 0 Å². The molecule has 108 valence electrons. The quantitative estimate of drug-likeness (QED) is 0.672. The molecule has 3 nitrogen and oxygen atoms in total. The summed E-state index contributed by atoms with van der Waals surface area (Å²) in [5.41, 5.74) is 7.06. The van der Waals surface area contributed by atoms with E-state index in [1.54, 1.807) is 24.3 Å². The fourth-order valence-corrected chi connectivity index (χ4v) is 2.34. The molecule has 0 aliphatic carbocycles. The second kappa shape index (κ2) is 6.55. The Morgan fingerprint density at radius 2 is 1.81 bits per heavy atom. The normalized spacial score (nSPS) is 11.3. The van der Waals surface area contributed by atoms with Gasteiger partial charge in [0, 0.05) is 5.56 Å². The van der Waals surface area contributed by atoms with Crippen molar-refractivity contribution >= 4 is 23.2 Å². The third kappa shape index (κ3) is 3.70. The Hall–Kier alpha value is -2.13. The number of carbonyl (C=O) groups is 1. The highest BCUT2D eigenvalue weighted by atomic mass is 35.5. The van der Waals surface area contributed by atoms with Crippen molar-refractivity contribution in [3.05, 3.63) is 69.7 Å². The lowest BCUT2D eigenvalue weighted by Crippen LogP contribution is -2.19. The van der Waals surface area contributed by atoms with Gasteiger partial charge in [0.15, 0.2) is 0 Å². The molecule has 0 aliphatic rings. The summed E-state index contributed by atoms with van der Waals surface area (Å²) in [6.45, 7) is 5.93.